The number of hydrogen-bond donors (Lipinski definition) is 2. The van der Waals surface area contributed by atoms with Crippen molar-refractivity contribution in [2.75, 3.05) is 11.1 Å². The Labute approximate surface area is 99.2 Å². The number of aryl methyl sites for hydroxylation is 1. The van der Waals surface area contributed by atoms with E-state index < -0.39 is 0 Å². The van der Waals surface area contributed by atoms with Crippen LogP contribution in [0.5, 0.6) is 0 Å². The monoisotopic (exact) mass is 236 g/mol. The molecule has 84 valence electrons. The fourth-order valence-corrected chi connectivity index (χ4v) is 1.62. The average Bonchev–Trinajstić information content (AvgIpc) is 2.66. The van der Waals surface area contributed by atoms with Crippen LogP contribution in [0.3, 0.4) is 0 Å². The Hall–Kier alpha value is -1.61. The van der Waals surface area contributed by atoms with Gasteiger partial charge in [-0.25, -0.2) is 0 Å². The summed E-state index contributed by atoms with van der Waals surface area (Å²) >= 11 is 5.88. The van der Waals surface area contributed by atoms with Gasteiger partial charge in [0, 0.05) is 5.02 Å². The van der Waals surface area contributed by atoms with Gasteiger partial charge in [0.2, 0.25) is 0 Å². The molecule has 1 aromatic carbocycles. The molecule has 0 radical (unpaired) electrons. The lowest BCUT2D eigenvalue weighted by atomic mass is 10.2. The molecule has 0 saturated heterocycles. The highest BCUT2D eigenvalue weighted by Gasteiger charge is 2.02. The Bertz CT molecular complexity index is 494. The first-order valence-electron chi connectivity index (χ1n) is 4.99. The van der Waals surface area contributed by atoms with E-state index in [1.54, 1.807) is 18.2 Å². The molecule has 0 saturated carbocycles. The topological polar surface area (TPSA) is 51.2 Å². The summed E-state index contributed by atoms with van der Waals surface area (Å²) in [4.78, 5) is 0. The summed E-state index contributed by atoms with van der Waals surface area (Å²) in [7, 11) is 0. The Morgan fingerprint density at radius 3 is 2.81 bits per heavy atom. The first kappa shape index (κ1) is 10.9. The van der Waals surface area contributed by atoms with Crippen LogP contribution in [0.2, 0.25) is 5.02 Å². The maximum atomic E-state index is 5.88. The largest absolute Gasteiger partial charge is 0.465 e. The average molecular weight is 237 g/mol. The normalized spacial score (nSPS) is 10.4. The molecule has 0 bridgehead atoms. The van der Waals surface area contributed by atoms with Gasteiger partial charge in [-0.2, -0.15) is 0 Å². The van der Waals surface area contributed by atoms with Crippen molar-refractivity contribution in [1.82, 2.24) is 0 Å². The summed E-state index contributed by atoms with van der Waals surface area (Å²) in [6.45, 7) is 2.51. The van der Waals surface area contributed by atoms with E-state index in [-0.39, 0.29) is 0 Å². The van der Waals surface area contributed by atoms with Crippen LogP contribution in [0.15, 0.2) is 34.7 Å². The van der Waals surface area contributed by atoms with Gasteiger partial charge in [0.1, 0.15) is 11.5 Å². The third-order valence-electron chi connectivity index (χ3n) is 2.26. The zero-order valence-corrected chi connectivity index (χ0v) is 9.71. The molecule has 0 aliphatic carbocycles. The Balaban J connectivity index is 2.07. The second-order valence-electron chi connectivity index (χ2n) is 3.60. The number of nitrogens with two attached hydrogens (primary N) is 1. The number of rotatable bonds is 3. The molecule has 2 rings (SSSR count). The van der Waals surface area contributed by atoms with Crippen LogP contribution >= 0.6 is 11.6 Å². The van der Waals surface area contributed by atoms with Crippen molar-refractivity contribution in [1.29, 1.82) is 0 Å². The van der Waals surface area contributed by atoms with E-state index in [2.05, 4.69) is 5.32 Å². The molecular formula is C12H13ClN2O. The molecule has 0 unspecified atom stereocenters. The molecule has 16 heavy (non-hydrogen) atoms. The SMILES string of the molecule is Cc1ccc(CNc2cc(Cl)ccc2N)o1. The molecule has 0 aliphatic heterocycles. The van der Waals surface area contributed by atoms with Gasteiger partial charge in [-0.05, 0) is 37.3 Å². The van der Waals surface area contributed by atoms with E-state index in [9.17, 15) is 0 Å². The second-order valence-corrected chi connectivity index (χ2v) is 4.03. The van der Waals surface area contributed by atoms with Crippen LogP contribution in [-0.4, -0.2) is 0 Å². The Morgan fingerprint density at radius 1 is 1.31 bits per heavy atom. The number of halogens is 1. The maximum Gasteiger partial charge on any atom is 0.123 e. The molecule has 0 aliphatic rings. The van der Waals surface area contributed by atoms with E-state index in [1.807, 2.05) is 19.1 Å². The fourth-order valence-electron chi connectivity index (χ4n) is 1.44. The summed E-state index contributed by atoms with van der Waals surface area (Å²) in [5, 5.41) is 3.84. The molecule has 4 heteroatoms. The number of nitrogens with one attached hydrogen (secondary N) is 1. The van der Waals surface area contributed by atoms with Crippen molar-refractivity contribution in [2.45, 2.75) is 13.5 Å². The third-order valence-corrected chi connectivity index (χ3v) is 2.50. The molecule has 1 aromatic heterocycles. The van der Waals surface area contributed by atoms with Crippen molar-refractivity contribution >= 4 is 23.0 Å². The van der Waals surface area contributed by atoms with Gasteiger partial charge < -0.3 is 15.5 Å². The van der Waals surface area contributed by atoms with Crippen molar-refractivity contribution in [2.24, 2.45) is 0 Å². The Kier molecular flexibility index (Phi) is 3.06. The van der Waals surface area contributed by atoms with Crippen LogP contribution in [0, 0.1) is 6.92 Å². The summed E-state index contributed by atoms with van der Waals surface area (Å²) in [6.07, 6.45) is 0. The summed E-state index contributed by atoms with van der Waals surface area (Å²) in [5.74, 6) is 1.77. The lowest BCUT2D eigenvalue weighted by Crippen LogP contribution is -2.01. The second kappa shape index (κ2) is 4.49. The van der Waals surface area contributed by atoms with E-state index in [0.717, 1.165) is 17.2 Å². The fraction of sp³-hybridized carbons (Fsp3) is 0.167. The van der Waals surface area contributed by atoms with Crippen LogP contribution in [0.1, 0.15) is 11.5 Å². The highest BCUT2D eigenvalue weighted by molar-refractivity contribution is 6.31. The van der Waals surface area contributed by atoms with Gasteiger partial charge in [0.25, 0.3) is 0 Å². The first-order chi connectivity index (χ1) is 7.65. The van der Waals surface area contributed by atoms with Crippen LogP contribution in [0.4, 0.5) is 11.4 Å². The number of hydrogen-bond acceptors (Lipinski definition) is 3. The van der Waals surface area contributed by atoms with Gasteiger partial charge in [0.15, 0.2) is 0 Å². The number of benzene rings is 1. The molecular weight excluding hydrogens is 224 g/mol. The maximum absolute atomic E-state index is 5.88. The van der Waals surface area contributed by atoms with E-state index in [1.165, 1.54) is 0 Å². The predicted molar refractivity (Wildman–Crippen MR) is 66.6 cm³/mol. The summed E-state index contributed by atoms with van der Waals surface area (Å²) < 4.78 is 5.44. The van der Waals surface area contributed by atoms with Crippen LogP contribution in [0.25, 0.3) is 0 Å². The molecule has 0 amide bonds. The minimum atomic E-state index is 0.596. The predicted octanol–water partition coefficient (Wildman–Crippen LogP) is 3.44. The quantitative estimate of drug-likeness (QED) is 0.803. The van der Waals surface area contributed by atoms with Gasteiger partial charge in [-0.3, -0.25) is 0 Å². The molecule has 3 N–H and O–H groups in total. The Morgan fingerprint density at radius 2 is 2.12 bits per heavy atom. The van der Waals surface area contributed by atoms with E-state index in [4.69, 9.17) is 21.8 Å². The molecule has 0 atom stereocenters. The molecule has 2 aromatic rings. The molecule has 0 fully saturated rings. The van der Waals surface area contributed by atoms with Crippen molar-refractivity contribution in [3.63, 3.8) is 0 Å². The van der Waals surface area contributed by atoms with Gasteiger partial charge in [-0.15, -0.1) is 0 Å². The lowest BCUT2D eigenvalue weighted by molar-refractivity contribution is 0.490. The lowest BCUT2D eigenvalue weighted by Gasteiger charge is -2.08. The first-order valence-corrected chi connectivity index (χ1v) is 5.37. The standard InChI is InChI=1S/C12H13ClN2O/c1-8-2-4-10(16-8)7-15-12-6-9(13)3-5-11(12)14/h2-6,15H,7,14H2,1H3. The van der Waals surface area contributed by atoms with Crippen molar-refractivity contribution < 1.29 is 4.42 Å². The van der Waals surface area contributed by atoms with Gasteiger partial charge in [-0.1, -0.05) is 11.6 Å². The molecule has 3 nitrogen and oxygen atoms in total. The van der Waals surface area contributed by atoms with Crippen LogP contribution in [-0.2, 0) is 6.54 Å². The zero-order valence-electron chi connectivity index (χ0n) is 8.96. The zero-order chi connectivity index (χ0) is 11.5. The summed E-state index contributed by atoms with van der Waals surface area (Å²) in [5.41, 5.74) is 7.30. The van der Waals surface area contributed by atoms with Crippen LogP contribution < -0.4 is 11.1 Å². The highest BCUT2D eigenvalue weighted by atomic mass is 35.5. The minimum absolute atomic E-state index is 0.596. The number of furan rings is 1. The molecule has 0 spiro atoms. The van der Waals surface area contributed by atoms with Gasteiger partial charge >= 0.3 is 0 Å². The molecule has 1 heterocycles. The minimum Gasteiger partial charge on any atom is -0.465 e. The highest BCUT2D eigenvalue weighted by Crippen LogP contribution is 2.23. The number of nitrogen functional groups attached to an aromatic ring is 1. The number of anilines is 2. The summed E-state index contributed by atoms with van der Waals surface area (Å²) in [6, 6.07) is 9.20. The van der Waals surface area contributed by atoms with Crippen molar-refractivity contribution in [3.8, 4) is 0 Å². The van der Waals surface area contributed by atoms with E-state index in [0.29, 0.717) is 17.3 Å². The smallest absolute Gasteiger partial charge is 0.123 e. The van der Waals surface area contributed by atoms with Crippen molar-refractivity contribution in [3.05, 3.63) is 46.9 Å². The van der Waals surface area contributed by atoms with Gasteiger partial charge in [0.05, 0.1) is 17.9 Å². The van der Waals surface area contributed by atoms with E-state index >= 15 is 0 Å². The third kappa shape index (κ3) is 2.49.